The lowest BCUT2D eigenvalue weighted by Gasteiger charge is -2.41. The number of hydrogen-bond acceptors (Lipinski definition) is 6. The van der Waals surface area contributed by atoms with E-state index in [1.54, 1.807) is 20.8 Å². The number of nitrogens with zero attached hydrogens (tertiary/aromatic N) is 1. The summed E-state index contributed by atoms with van der Waals surface area (Å²) in [5, 5.41) is 18.7. The molecule has 23 heavy (non-hydrogen) atoms. The van der Waals surface area contributed by atoms with E-state index in [0.29, 0.717) is 4.90 Å². The zero-order valence-corrected chi connectivity index (χ0v) is 13.4. The largest absolute Gasteiger partial charge is 0.480 e. The number of hydrogen-bond donors (Lipinski definition) is 2. The molecular weight excluding hydrogens is 310 g/mol. The standard InChI is InChI=1S/C14H21NO8/c1-14(2,3)23-13(21)15-8(10(16)17)6-5-7(12(20)22-4)9(15)11(18)19/h7-9H,5-6H2,1-4H3,(H,16,17)(H,18,19). The Kier molecular flexibility index (Phi) is 5.57. The molecule has 1 aliphatic rings. The summed E-state index contributed by atoms with van der Waals surface area (Å²) in [6.45, 7) is 4.70. The summed E-state index contributed by atoms with van der Waals surface area (Å²) in [4.78, 5) is 47.7. The Bertz CT molecular complexity index is 509. The number of piperidine rings is 1. The van der Waals surface area contributed by atoms with Crippen LogP contribution in [0.4, 0.5) is 4.79 Å². The molecule has 0 saturated carbocycles. The van der Waals surface area contributed by atoms with Crippen molar-refractivity contribution in [3.8, 4) is 0 Å². The zero-order valence-electron chi connectivity index (χ0n) is 13.4. The lowest BCUT2D eigenvalue weighted by atomic mass is 9.85. The van der Waals surface area contributed by atoms with Crippen molar-refractivity contribution in [1.82, 2.24) is 4.90 Å². The Balaban J connectivity index is 3.26. The van der Waals surface area contributed by atoms with Gasteiger partial charge in [0.05, 0.1) is 13.0 Å². The minimum Gasteiger partial charge on any atom is -0.480 e. The van der Waals surface area contributed by atoms with Gasteiger partial charge in [-0.1, -0.05) is 0 Å². The molecule has 3 unspecified atom stereocenters. The van der Waals surface area contributed by atoms with Crippen LogP contribution < -0.4 is 0 Å². The normalized spacial score (nSPS) is 24.7. The number of aliphatic carboxylic acids is 2. The van der Waals surface area contributed by atoms with Crippen molar-refractivity contribution >= 4 is 24.0 Å². The van der Waals surface area contributed by atoms with Crippen LogP contribution in [0.1, 0.15) is 33.6 Å². The predicted molar refractivity (Wildman–Crippen MR) is 75.7 cm³/mol. The Labute approximate surface area is 133 Å². The number of carbonyl (C=O) groups excluding carboxylic acids is 2. The summed E-state index contributed by atoms with van der Waals surface area (Å²) < 4.78 is 9.67. The molecule has 130 valence electrons. The minimum atomic E-state index is -1.66. The van der Waals surface area contributed by atoms with Crippen LogP contribution in [-0.2, 0) is 23.9 Å². The highest BCUT2D eigenvalue weighted by Crippen LogP contribution is 2.31. The van der Waals surface area contributed by atoms with Gasteiger partial charge >= 0.3 is 24.0 Å². The summed E-state index contributed by atoms with van der Waals surface area (Å²) in [7, 11) is 1.10. The molecule has 1 saturated heterocycles. The zero-order chi connectivity index (χ0) is 17.9. The van der Waals surface area contributed by atoms with Crippen LogP contribution in [0, 0.1) is 5.92 Å². The van der Waals surface area contributed by atoms with Gasteiger partial charge in [0.2, 0.25) is 0 Å². The lowest BCUT2D eigenvalue weighted by Crippen LogP contribution is -2.61. The molecule has 0 spiro atoms. The summed E-state index contributed by atoms with van der Waals surface area (Å²) in [5.74, 6) is -4.81. The van der Waals surface area contributed by atoms with E-state index >= 15 is 0 Å². The average Bonchev–Trinajstić information content (AvgIpc) is 2.42. The van der Waals surface area contributed by atoms with Crippen molar-refractivity contribution in [3.05, 3.63) is 0 Å². The fraction of sp³-hybridized carbons (Fsp3) is 0.714. The molecule has 1 heterocycles. The Morgan fingerprint density at radius 1 is 1.04 bits per heavy atom. The van der Waals surface area contributed by atoms with Crippen LogP contribution in [0.2, 0.25) is 0 Å². The minimum absolute atomic E-state index is 0.0140. The molecule has 0 aromatic rings. The van der Waals surface area contributed by atoms with Crippen LogP contribution in [0.25, 0.3) is 0 Å². The van der Waals surface area contributed by atoms with Gasteiger partial charge in [-0.2, -0.15) is 0 Å². The van der Waals surface area contributed by atoms with E-state index in [1.807, 2.05) is 0 Å². The van der Waals surface area contributed by atoms with Gasteiger partial charge < -0.3 is 19.7 Å². The first-order chi connectivity index (χ1) is 10.5. The van der Waals surface area contributed by atoms with E-state index in [4.69, 9.17) is 4.74 Å². The van der Waals surface area contributed by atoms with E-state index in [2.05, 4.69) is 4.74 Å². The van der Waals surface area contributed by atoms with Gasteiger partial charge in [-0.15, -0.1) is 0 Å². The van der Waals surface area contributed by atoms with Gasteiger partial charge in [0, 0.05) is 0 Å². The van der Waals surface area contributed by atoms with Crippen LogP contribution in [0.15, 0.2) is 0 Å². The Morgan fingerprint density at radius 2 is 1.61 bits per heavy atom. The van der Waals surface area contributed by atoms with Crippen LogP contribution in [-0.4, -0.2) is 63.9 Å². The average molecular weight is 331 g/mol. The number of methoxy groups -OCH3 is 1. The first-order valence-corrected chi connectivity index (χ1v) is 7.04. The molecule has 0 radical (unpaired) electrons. The maximum absolute atomic E-state index is 12.3. The topological polar surface area (TPSA) is 130 Å². The number of likely N-dealkylation sites (tertiary alicyclic amines) is 1. The second-order valence-corrected chi connectivity index (χ2v) is 6.23. The number of esters is 1. The van der Waals surface area contributed by atoms with E-state index in [1.165, 1.54) is 0 Å². The number of amides is 1. The fourth-order valence-corrected chi connectivity index (χ4v) is 2.51. The first-order valence-electron chi connectivity index (χ1n) is 7.04. The smallest absolute Gasteiger partial charge is 0.411 e. The van der Waals surface area contributed by atoms with Crippen LogP contribution in [0.5, 0.6) is 0 Å². The number of carboxylic acid groups (broad SMARTS) is 2. The fourth-order valence-electron chi connectivity index (χ4n) is 2.51. The van der Waals surface area contributed by atoms with Crippen molar-refractivity contribution in [2.45, 2.75) is 51.3 Å². The third-order valence-corrected chi connectivity index (χ3v) is 3.41. The SMILES string of the molecule is COC(=O)C1CCC(C(=O)O)N(C(=O)OC(C)(C)C)C1C(=O)O. The highest BCUT2D eigenvalue weighted by Gasteiger charge is 2.51. The van der Waals surface area contributed by atoms with E-state index < -0.39 is 47.6 Å². The van der Waals surface area contributed by atoms with Crippen molar-refractivity contribution in [1.29, 1.82) is 0 Å². The number of carbonyl (C=O) groups is 4. The third kappa shape index (κ3) is 4.33. The summed E-state index contributed by atoms with van der Waals surface area (Å²) in [6.07, 6.45) is -1.18. The van der Waals surface area contributed by atoms with Gasteiger partial charge in [-0.25, -0.2) is 14.4 Å². The van der Waals surface area contributed by atoms with Gasteiger partial charge in [-0.05, 0) is 33.6 Å². The van der Waals surface area contributed by atoms with Crippen molar-refractivity contribution in [2.75, 3.05) is 7.11 Å². The van der Waals surface area contributed by atoms with Crippen molar-refractivity contribution in [3.63, 3.8) is 0 Å². The third-order valence-electron chi connectivity index (χ3n) is 3.41. The molecule has 1 fully saturated rings. The molecule has 9 nitrogen and oxygen atoms in total. The predicted octanol–water partition coefficient (Wildman–Crippen LogP) is 0.713. The molecule has 2 N–H and O–H groups in total. The monoisotopic (exact) mass is 331 g/mol. The quantitative estimate of drug-likeness (QED) is 0.723. The van der Waals surface area contributed by atoms with Gasteiger partial charge in [-0.3, -0.25) is 9.69 Å². The van der Waals surface area contributed by atoms with E-state index in [0.717, 1.165) is 7.11 Å². The molecule has 0 bridgehead atoms. The molecule has 0 aromatic carbocycles. The van der Waals surface area contributed by atoms with Gasteiger partial charge in [0.1, 0.15) is 17.7 Å². The molecule has 0 aliphatic carbocycles. The van der Waals surface area contributed by atoms with Gasteiger partial charge in [0.15, 0.2) is 0 Å². The number of ether oxygens (including phenoxy) is 2. The van der Waals surface area contributed by atoms with Crippen molar-refractivity contribution < 1.29 is 38.9 Å². The second-order valence-electron chi connectivity index (χ2n) is 6.23. The van der Waals surface area contributed by atoms with E-state index in [-0.39, 0.29) is 12.8 Å². The van der Waals surface area contributed by atoms with Crippen LogP contribution in [0.3, 0.4) is 0 Å². The summed E-state index contributed by atoms with van der Waals surface area (Å²) in [5.41, 5.74) is -0.943. The first kappa shape index (κ1) is 18.7. The molecule has 1 amide bonds. The van der Waals surface area contributed by atoms with Crippen molar-refractivity contribution in [2.24, 2.45) is 5.92 Å². The molecule has 1 aliphatic heterocycles. The summed E-state index contributed by atoms with van der Waals surface area (Å²) in [6, 6.07) is -3.04. The lowest BCUT2D eigenvalue weighted by molar-refractivity contribution is -0.165. The second kappa shape index (κ2) is 6.84. The Hall–Kier alpha value is -2.32. The molecule has 9 heteroatoms. The highest BCUT2D eigenvalue weighted by atomic mass is 16.6. The van der Waals surface area contributed by atoms with Gasteiger partial charge in [0.25, 0.3) is 0 Å². The molecule has 3 atom stereocenters. The highest BCUT2D eigenvalue weighted by molar-refractivity contribution is 5.90. The maximum Gasteiger partial charge on any atom is 0.411 e. The summed E-state index contributed by atoms with van der Waals surface area (Å²) >= 11 is 0. The van der Waals surface area contributed by atoms with Crippen LogP contribution >= 0.6 is 0 Å². The molecular formula is C14H21NO8. The Morgan fingerprint density at radius 3 is 2.00 bits per heavy atom. The van der Waals surface area contributed by atoms with E-state index in [9.17, 15) is 29.4 Å². The number of rotatable bonds is 3. The maximum atomic E-state index is 12.3. The molecule has 1 rings (SSSR count). The molecule has 0 aromatic heterocycles. The number of carboxylic acids is 2.